The topological polar surface area (TPSA) is 46.2 Å². The Bertz CT molecular complexity index is 921. The summed E-state index contributed by atoms with van der Waals surface area (Å²) >= 11 is 0. The van der Waals surface area contributed by atoms with Gasteiger partial charge in [-0.05, 0) is 48.2 Å². The fourth-order valence-electron chi connectivity index (χ4n) is 2.75. The zero-order chi connectivity index (χ0) is 17.0. The molecule has 3 aromatic rings. The first-order valence-corrected chi connectivity index (χ1v) is 9.58. The zero-order valence-corrected chi connectivity index (χ0v) is 14.5. The molecule has 0 aliphatic carbocycles. The minimum Gasteiger partial charge on any atom is -0.208 e. The van der Waals surface area contributed by atoms with Crippen molar-refractivity contribution in [2.24, 2.45) is 0 Å². The second-order valence-electron chi connectivity index (χ2n) is 6.06. The van der Waals surface area contributed by atoms with E-state index in [0.717, 1.165) is 23.6 Å². The number of fused-ring (bicyclic) bond motifs is 1. The van der Waals surface area contributed by atoms with Crippen LogP contribution < -0.4 is 4.72 Å². The summed E-state index contributed by atoms with van der Waals surface area (Å²) in [5, 5.41) is 1.96. The van der Waals surface area contributed by atoms with E-state index in [1.165, 1.54) is 5.56 Å². The van der Waals surface area contributed by atoms with Crippen molar-refractivity contribution < 1.29 is 8.42 Å². The standard InChI is InChI=1S/C20H21NO2S/c1-16(11-12-17-7-3-2-4-8-17)21-24(22,23)20-14-13-18-9-5-6-10-19(18)15-20/h2-10,13-16,21H,11-12H2,1H3/t16-/m0/s1. The summed E-state index contributed by atoms with van der Waals surface area (Å²) in [7, 11) is -3.51. The molecule has 0 saturated carbocycles. The first kappa shape index (κ1) is 16.7. The van der Waals surface area contributed by atoms with Gasteiger partial charge < -0.3 is 0 Å². The Morgan fingerprint density at radius 2 is 1.54 bits per heavy atom. The van der Waals surface area contributed by atoms with Gasteiger partial charge in [0.15, 0.2) is 0 Å². The quantitative estimate of drug-likeness (QED) is 0.734. The molecule has 0 aliphatic heterocycles. The van der Waals surface area contributed by atoms with Crippen molar-refractivity contribution in [2.75, 3.05) is 0 Å². The Labute approximate surface area is 143 Å². The van der Waals surface area contributed by atoms with Crippen LogP contribution in [0.5, 0.6) is 0 Å². The number of hydrogen-bond acceptors (Lipinski definition) is 2. The Morgan fingerprint density at radius 1 is 0.875 bits per heavy atom. The van der Waals surface area contributed by atoms with Crippen LogP contribution in [0.4, 0.5) is 0 Å². The first-order chi connectivity index (χ1) is 11.5. The summed E-state index contributed by atoms with van der Waals surface area (Å²) in [6, 6.07) is 23.0. The van der Waals surface area contributed by atoms with Crippen molar-refractivity contribution in [3.63, 3.8) is 0 Å². The van der Waals surface area contributed by atoms with Gasteiger partial charge in [-0.25, -0.2) is 13.1 Å². The average molecular weight is 339 g/mol. The molecule has 3 rings (SSSR count). The van der Waals surface area contributed by atoms with Crippen LogP contribution in [0.25, 0.3) is 10.8 Å². The third-order valence-electron chi connectivity index (χ3n) is 4.10. The number of aryl methyl sites for hydroxylation is 1. The Hall–Kier alpha value is -2.17. The Balaban J connectivity index is 1.70. The largest absolute Gasteiger partial charge is 0.240 e. The molecule has 0 spiro atoms. The SMILES string of the molecule is C[C@@H](CCc1ccccc1)NS(=O)(=O)c1ccc2ccccc2c1. The lowest BCUT2D eigenvalue weighted by Crippen LogP contribution is -2.32. The maximum atomic E-state index is 12.6. The molecule has 0 heterocycles. The molecular weight excluding hydrogens is 318 g/mol. The second kappa shape index (κ2) is 7.16. The van der Waals surface area contributed by atoms with Crippen LogP contribution in [0, 0.1) is 0 Å². The molecule has 0 saturated heterocycles. The summed E-state index contributed by atoms with van der Waals surface area (Å²) in [6.45, 7) is 1.90. The lowest BCUT2D eigenvalue weighted by Gasteiger charge is -2.14. The predicted octanol–water partition coefficient (Wildman–Crippen LogP) is 4.14. The number of nitrogens with one attached hydrogen (secondary N) is 1. The highest BCUT2D eigenvalue weighted by molar-refractivity contribution is 7.89. The molecule has 0 unspecified atom stereocenters. The Kier molecular flexibility index (Phi) is 4.97. The first-order valence-electron chi connectivity index (χ1n) is 8.10. The highest BCUT2D eigenvalue weighted by atomic mass is 32.2. The Morgan fingerprint density at radius 3 is 2.29 bits per heavy atom. The molecule has 124 valence electrons. The third-order valence-corrected chi connectivity index (χ3v) is 5.68. The van der Waals surface area contributed by atoms with Crippen LogP contribution in [0.1, 0.15) is 18.9 Å². The van der Waals surface area contributed by atoms with Gasteiger partial charge in [-0.1, -0.05) is 60.7 Å². The van der Waals surface area contributed by atoms with Gasteiger partial charge in [0.25, 0.3) is 0 Å². The minimum atomic E-state index is -3.51. The van der Waals surface area contributed by atoms with Crippen LogP contribution in [0.15, 0.2) is 77.7 Å². The summed E-state index contributed by atoms with van der Waals surface area (Å²) in [6.07, 6.45) is 1.61. The lowest BCUT2D eigenvalue weighted by molar-refractivity contribution is 0.547. The number of benzene rings is 3. The van der Waals surface area contributed by atoms with E-state index in [1.54, 1.807) is 12.1 Å². The highest BCUT2D eigenvalue weighted by Gasteiger charge is 2.17. The van der Waals surface area contributed by atoms with Crippen LogP contribution in [-0.2, 0) is 16.4 Å². The van der Waals surface area contributed by atoms with E-state index in [2.05, 4.69) is 16.9 Å². The van der Waals surface area contributed by atoms with Gasteiger partial charge in [-0.15, -0.1) is 0 Å². The average Bonchev–Trinajstić information content (AvgIpc) is 2.60. The monoisotopic (exact) mass is 339 g/mol. The number of rotatable bonds is 6. The van der Waals surface area contributed by atoms with E-state index >= 15 is 0 Å². The molecule has 0 amide bonds. The molecule has 3 aromatic carbocycles. The van der Waals surface area contributed by atoms with Crippen molar-refractivity contribution >= 4 is 20.8 Å². The molecule has 1 atom stereocenters. The molecule has 0 radical (unpaired) electrons. The molecule has 0 aromatic heterocycles. The second-order valence-corrected chi connectivity index (χ2v) is 7.77. The van der Waals surface area contributed by atoms with Gasteiger partial charge in [0.05, 0.1) is 4.90 Å². The third kappa shape index (κ3) is 4.02. The van der Waals surface area contributed by atoms with Gasteiger partial charge in [0.1, 0.15) is 0 Å². The normalized spacial score (nSPS) is 13.0. The predicted molar refractivity (Wildman–Crippen MR) is 98.5 cm³/mol. The van der Waals surface area contributed by atoms with E-state index < -0.39 is 10.0 Å². The minimum absolute atomic E-state index is 0.123. The summed E-state index contributed by atoms with van der Waals surface area (Å²) < 4.78 is 28.0. The molecule has 0 fully saturated rings. The zero-order valence-electron chi connectivity index (χ0n) is 13.6. The summed E-state index contributed by atoms with van der Waals surface area (Å²) in [4.78, 5) is 0.313. The van der Waals surface area contributed by atoms with E-state index in [-0.39, 0.29) is 6.04 Å². The van der Waals surface area contributed by atoms with Gasteiger partial charge in [0, 0.05) is 6.04 Å². The molecule has 3 nitrogen and oxygen atoms in total. The van der Waals surface area contributed by atoms with Crippen molar-refractivity contribution in [2.45, 2.75) is 30.7 Å². The van der Waals surface area contributed by atoms with E-state index in [4.69, 9.17) is 0 Å². The molecule has 4 heteroatoms. The van der Waals surface area contributed by atoms with Crippen molar-refractivity contribution in [3.8, 4) is 0 Å². The molecule has 1 N–H and O–H groups in total. The molecular formula is C20H21NO2S. The van der Waals surface area contributed by atoms with Crippen LogP contribution in [0.2, 0.25) is 0 Å². The van der Waals surface area contributed by atoms with Crippen molar-refractivity contribution in [1.82, 2.24) is 4.72 Å². The summed E-state index contributed by atoms with van der Waals surface area (Å²) in [5.74, 6) is 0. The fraction of sp³-hybridized carbons (Fsp3) is 0.200. The lowest BCUT2D eigenvalue weighted by atomic mass is 10.1. The smallest absolute Gasteiger partial charge is 0.208 e. The fourth-order valence-corrected chi connectivity index (χ4v) is 4.07. The number of sulfonamides is 1. The van der Waals surface area contributed by atoms with Crippen molar-refractivity contribution in [1.29, 1.82) is 0 Å². The van der Waals surface area contributed by atoms with Gasteiger partial charge in [0.2, 0.25) is 10.0 Å². The molecule has 0 aliphatic rings. The summed E-state index contributed by atoms with van der Waals surface area (Å²) in [5.41, 5.74) is 1.22. The maximum Gasteiger partial charge on any atom is 0.240 e. The van der Waals surface area contributed by atoms with Gasteiger partial charge in [-0.3, -0.25) is 0 Å². The highest BCUT2D eigenvalue weighted by Crippen LogP contribution is 2.19. The van der Waals surface area contributed by atoms with Crippen LogP contribution in [0.3, 0.4) is 0 Å². The van der Waals surface area contributed by atoms with Crippen LogP contribution >= 0.6 is 0 Å². The van der Waals surface area contributed by atoms with Gasteiger partial charge >= 0.3 is 0 Å². The maximum absolute atomic E-state index is 12.6. The number of hydrogen-bond donors (Lipinski definition) is 1. The molecule has 0 bridgehead atoms. The van der Waals surface area contributed by atoms with E-state index in [9.17, 15) is 8.42 Å². The van der Waals surface area contributed by atoms with E-state index in [1.807, 2.05) is 55.5 Å². The van der Waals surface area contributed by atoms with E-state index in [0.29, 0.717) is 4.90 Å². The molecule has 24 heavy (non-hydrogen) atoms. The van der Waals surface area contributed by atoms with Crippen molar-refractivity contribution in [3.05, 3.63) is 78.4 Å². The van der Waals surface area contributed by atoms with Crippen LogP contribution in [-0.4, -0.2) is 14.5 Å². The van der Waals surface area contributed by atoms with Gasteiger partial charge in [-0.2, -0.15) is 0 Å².